The van der Waals surface area contributed by atoms with E-state index >= 15 is 0 Å². The predicted molar refractivity (Wildman–Crippen MR) is 242 cm³/mol. The molecule has 1 N–H and O–H groups in total. The van der Waals surface area contributed by atoms with Crippen LogP contribution in [0.4, 0.5) is 28.4 Å². The number of benzene rings is 9. The van der Waals surface area contributed by atoms with E-state index < -0.39 is 0 Å². The predicted octanol–water partition coefficient (Wildman–Crippen LogP) is 13.5. The molecule has 3 aliphatic rings. The van der Waals surface area contributed by atoms with Gasteiger partial charge in [0.25, 0.3) is 0 Å². The lowest BCUT2D eigenvalue weighted by Gasteiger charge is -2.36. The minimum atomic E-state index is 0.641. The van der Waals surface area contributed by atoms with Gasteiger partial charge in [0.05, 0.1) is 11.4 Å². The summed E-state index contributed by atoms with van der Waals surface area (Å²) >= 11 is 0. The van der Waals surface area contributed by atoms with E-state index in [-0.39, 0.29) is 0 Å². The van der Waals surface area contributed by atoms with Crippen molar-refractivity contribution in [2.24, 2.45) is 0 Å². The van der Waals surface area contributed by atoms with E-state index in [9.17, 15) is 0 Å². The summed E-state index contributed by atoms with van der Waals surface area (Å²) in [6.07, 6.45) is 0. The quantitative estimate of drug-likeness (QED) is 0.176. The molecule has 9 aromatic rings. The second-order valence-electron chi connectivity index (χ2n) is 15.3. The van der Waals surface area contributed by atoms with Gasteiger partial charge in [-0.1, -0.05) is 115 Å². The fourth-order valence-electron chi connectivity index (χ4n) is 8.60. The van der Waals surface area contributed by atoms with E-state index in [0.717, 1.165) is 66.8 Å². The maximum atomic E-state index is 6.49. The number of ether oxygens (including phenoxy) is 4. The van der Waals surface area contributed by atoms with Crippen molar-refractivity contribution in [2.75, 3.05) is 10.2 Å². The molecule has 0 bridgehead atoms. The topological polar surface area (TPSA) is 52.2 Å². The summed E-state index contributed by atoms with van der Waals surface area (Å²) in [5.41, 5.74) is 12.7. The number of hydrogen-bond donors (Lipinski definition) is 1. The number of nitrogens with zero attached hydrogens (tertiary/aromatic N) is 1. The molecule has 12 rings (SSSR count). The molecule has 0 saturated heterocycles. The van der Waals surface area contributed by atoms with Crippen molar-refractivity contribution < 1.29 is 18.9 Å². The van der Waals surface area contributed by atoms with Crippen molar-refractivity contribution in [3.8, 4) is 68.2 Å². The van der Waals surface area contributed by atoms with E-state index in [1.54, 1.807) is 0 Å². The highest BCUT2D eigenvalue weighted by Crippen LogP contribution is 2.51. The molecule has 0 unspecified atom stereocenters. The SMILES string of the molecule is Cc1cc(-c2ccc3ccccc3c2Nc2ccc(-c3ccccc3)cc2)c2c(c1)N(c1ccc3c(c1)Oc1ccccc1O3)c1cc3c(cc1[B]2)Oc1ccccc1O3. The molecule has 0 spiro atoms. The van der Waals surface area contributed by atoms with E-state index in [1.165, 1.54) is 11.1 Å². The molecular formula is C53H34BN2O4. The average Bonchev–Trinajstić information content (AvgIpc) is 3.29. The third kappa shape index (κ3) is 5.74. The maximum Gasteiger partial charge on any atom is 0.198 e. The first-order valence-electron chi connectivity index (χ1n) is 20.1. The molecule has 3 heterocycles. The zero-order valence-corrected chi connectivity index (χ0v) is 32.5. The second kappa shape index (κ2) is 13.6. The van der Waals surface area contributed by atoms with Crippen LogP contribution in [0.1, 0.15) is 5.56 Å². The summed E-state index contributed by atoms with van der Waals surface area (Å²) in [7, 11) is 2.28. The maximum absolute atomic E-state index is 6.49. The van der Waals surface area contributed by atoms with E-state index in [4.69, 9.17) is 18.9 Å². The zero-order valence-electron chi connectivity index (χ0n) is 32.5. The van der Waals surface area contributed by atoms with Gasteiger partial charge in [0, 0.05) is 40.1 Å². The van der Waals surface area contributed by atoms with Gasteiger partial charge < -0.3 is 29.2 Å². The Balaban J connectivity index is 1.03. The van der Waals surface area contributed by atoms with Crippen LogP contribution in [0.2, 0.25) is 0 Å². The minimum absolute atomic E-state index is 0.641. The largest absolute Gasteiger partial charge is 0.450 e. The van der Waals surface area contributed by atoms with Crippen LogP contribution in [-0.2, 0) is 0 Å². The van der Waals surface area contributed by atoms with Crippen LogP contribution in [0.5, 0.6) is 46.0 Å². The van der Waals surface area contributed by atoms with Gasteiger partial charge in [-0.3, -0.25) is 0 Å². The Kier molecular flexibility index (Phi) is 7.75. The monoisotopic (exact) mass is 773 g/mol. The van der Waals surface area contributed by atoms with Crippen LogP contribution in [0.25, 0.3) is 33.0 Å². The van der Waals surface area contributed by atoms with Crippen LogP contribution >= 0.6 is 0 Å². The highest BCUT2D eigenvalue weighted by molar-refractivity contribution is 6.73. The Morgan fingerprint density at radius 2 is 1.05 bits per heavy atom. The molecule has 7 heteroatoms. The lowest BCUT2D eigenvalue weighted by Crippen LogP contribution is -2.41. The van der Waals surface area contributed by atoms with Crippen LogP contribution < -0.4 is 40.1 Å². The number of para-hydroxylation sites is 4. The third-order valence-corrected chi connectivity index (χ3v) is 11.4. The molecule has 1 radical (unpaired) electrons. The highest BCUT2D eigenvalue weighted by atomic mass is 16.6. The van der Waals surface area contributed by atoms with Gasteiger partial charge in [-0.05, 0) is 101 Å². The van der Waals surface area contributed by atoms with Crippen LogP contribution in [0.3, 0.4) is 0 Å². The molecule has 0 aliphatic carbocycles. The number of anilines is 5. The molecule has 0 atom stereocenters. The Hall–Kier alpha value is -7.90. The Labute approximate surface area is 348 Å². The lowest BCUT2D eigenvalue weighted by atomic mass is 9.58. The average molecular weight is 774 g/mol. The molecule has 6 nitrogen and oxygen atoms in total. The summed E-state index contributed by atoms with van der Waals surface area (Å²) in [6.45, 7) is 2.16. The first-order chi connectivity index (χ1) is 29.6. The fourth-order valence-corrected chi connectivity index (χ4v) is 8.60. The third-order valence-electron chi connectivity index (χ3n) is 11.4. The van der Waals surface area contributed by atoms with Crippen LogP contribution in [-0.4, -0.2) is 7.28 Å². The van der Waals surface area contributed by atoms with Gasteiger partial charge in [-0.15, -0.1) is 0 Å². The molecule has 0 saturated carbocycles. The summed E-state index contributed by atoms with van der Waals surface area (Å²) in [4.78, 5) is 2.30. The van der Waals surface area contributed by atoms with Crippen molar-refractivity contribution in [3.05, 3.63) is 188 Å². The lowest BCUT2D eigenvalue weighted by molar-refractivity contribution is 0.359. The van der Waals surface area contributed by atoms with Crippen molar-refractivity contribution in [2.45, 2.75) is 6.92 Å². The number of hydrogen-bond acceptors (Lipinski definition) is 6. The van der Waals surface area contributed by atoms with Crippen molar-refractivity contribution in [3.63, 3.8) is 0 Å². The summed E-state index contributed by atoms with van der Waals surface area (Å²) in [5.74, 6) is 5.34. The Morgan fingerprint density at radius 1 is 0.450 bits per heavy atom. The first kappa shape index (κ1) is 34.2. The molecule has 9 aromatic carbocycles. The van der Waals surface area contributed by atoms with Crippen molar-refractivity contribution >= 4 is 57.4 Å². The standard InChI is InChI=1S/C53H34BN2O4/c1-32-27-40(39-25-21-35-13-5-6-14-38(35)53(39)55-36-22-19-34(20-23-36)33-11-3-2-4-12-33)52-43(28-32)56(37-24-26-48-49(29-37)58-45-16-8-7-15-44(45)57-48)42-31-51-50(30-41(42)54-52)59-46-17-9-10-18-47(46)60-51/h2-31,55H,1H3. The van der Waals surface area contributed by atoms with E-state index in [1.807, 2.05) is 60.7 Å². The number of rotatable bonds is 5. The number of fused-ring (bicyclic) bond motifs is 7. The second-order valence-corrected chi connectivity index (χ2v) is 15.3. The molecule has 3 aliphatic heterocycles. The Morgan fingerprint density at radius 3 is 1.78 bits per heavy atom. The summed E-state index contributed by atoms with van der Waals surface area (Å²) in [5, 5.41) is 6.17. The van der Waals surface area contributed by atoms with Crippen molar-refractivity contribution in [1.82, 2.24) is 0 Å². The van der Waals surface area contributed by atoms with Gasteiger partial charge in [0.2, 0.25) is 0 Å². The highest BCUT2D eigenvalue weighted by Gasteiger charge is 2.33. The van der Waals surface area contributed by atoms with Gasteiger partial charge >= 0.3 is 0 Å². The smallest absolute Gasteiger partial charge is 0.198 e. The molecule has 0 aromatic heterocycles. The van der Waals surface area contributed by atoms with Gasteiger partial charge in [-0.2, -0.15) is 0 Å². The van der Waals surface area contributed by atoms with Gasteiger partial charge in [0.15, 0.2) is 53.3 Å². The van der Waals surface area contributed by atoms with E-state index in [0.29, 0.717) is 46.0 Å². The molecule has 0 fully saturated rings. The van der Waals surface area contributed by atoms with Gasteiger partial charge in [-0.25, -0.2) is 0 Å². The molecule has 283 valence electrons. The van der Waals surface area contributed by atoms with E-state index in [2.05, 4.69) is 146 Å². The molecule has 0 amide bonds. The number of nitrogens with one attached hydrogen (secondary N) is 1. The summed E-state index contributed by atoms with van der Waals surface area (Å²) in [6, 6.07) is 62.5. The van der Waals surface area contributed by atoms with Crippen LogP contribution in [0.15, 0.2) is 182 Å². The van der Waals surface area contributed by atoms with Crippen molar-refractivity contribution in [1.29, 1.82) is 0 Å². The molecule has 60 heavy (non-hydrogen) atoms. The minimum Gasteiger partial charge on any atom is -0.450 e. The van der Waals surface area contributed by atoms with Gasteiger partial charge in [0.1, 0.15) is 0 Å². The first-order valence-corrected chi connectivity index (χ1v) is 20.1. The van der Waals surface area contributed by atoms with Crippen LogP contribution in [0, 0.1) is 6.92 Å². The summed E-state index contributed by atoms with van der Waals surface area (Å²) < 4.78 is 25.7. The normalized spacial score (nSPS) is 12.7. The zero-order chi connectivity index (χ0) is 39.7. The number of aryl methyl sites for hydroxylation is 1. The molecular weight excluding hydrogens is 739 g/mol. The Bertz CT molecular complexity index is 3180. The fraction of sp³-hybridized carbons (Fsp3) is 0.0189.